The molecular formula is C16H15ClO3. The lowest BCUT2D eigenvalue weighted by Gasteiger charge is -2.15. The number of carbonyl (C=O) groups excluding carboxylic acids is 1. The van der Waals surface area contributed by atoms with Crippen LogP contribution in [-0.2, 0) is 0 Å². The van der Waals surface area contributed by atoms with Gasteiger partial charge in [-0.25, -0.2) is 0 Å². The number of hydrogen-bond donors (Lipinski definition) is 0. The van der Waals surface area contributed by atoms with Gasteiger partial charge in [0.1, 0.15) is 6.29 Å². The summed E-state index contributed by atoms with van der Waals surface area (Å²) in [5.41, 5.74) is 3.15. The zero-order valence-electron chi connectivity index (χ0n) is 11.6. The molecule has 104 valence electrons. The van der Waals surface area contributed by atoms with Crippen LogP contribution in [0.3, 0.4) is 0 Å². The highest BCUT2D eigenvalue weighted by molar-refractivity contribution is 6.31. The molecule has 0 bridgehead atoms. The lowest BCUT2D eigenvalue weighted by molar-refractivity contribution is 0.112. The standard InChI is InChI=1S/C16H15ClO3/c1-10-12(5-4-6-14(10)17)13-7-11(9-18)8-15(19-2)16(13)20-3/h4-9H,1-3H3. The van der Waals surface area contributed by atoms with E-state index in [1.54, 1.807) is 26.4 Å². The Morgan fingerprint density at radius 2 is 1.85 bits per heavy atom. The van der Waals surface area contributed by atoms with E-state index in [9.17, 15) is 4.79 Å². The number of carbonyl (C=O) groups is 1. The van der Waals surface area contributed by atoms with Gasteiger partial charge in [-0.15, -0.1) is 0 Å². The molecule has 0 atom stereocenters. The van der Waals surface area contributed by atoms with E-state index >= 15 is 0 Å². The maximum absolute atomic E-state index is 11.1. The van der Waals surface area contributed by atoms with Gasteiger partial charge in [-0.3, -0.25) is 4.79 Å². The molecule has 2 rings (SSSR count). The van der Waals surface area contributed by atoms with Gasteiger partial charge >= 0.3 is 0 Å². The van der Waals surface area contributed by atoms with Crippen LogP contribution >= 0.6 is 11.6 Å². The Bertz CT molecular complexity index is 650. The summed E-state index contributed by atoms with van der Waals surface area (Å²) in [5, 5.41) is 0.667. The first-order chi connectivity index (χ1) is 9.62. The molecule has 2 aromatic rings. The van der Waals surface area contributed by atoms with Gasteiger partial charge < -0.3 is 9.47 Å². The third kappa shape index (κ3) is 2.49. The van der Waals surface area contributed by atoms with E-state index in [1.807, 2.05) is 25.1 Å². The summed E-state index contributed by atoms with van der Waals surface area (Å²) in [5.74, 6) is 1.11. The van der Waals surface area contributed by atoms with Crippen molar-refractivity contribution in [1.29, 1.82) is 0 Å². The Balaban J connectivity index is 2.77. The molecule has 0 amide bonds. The molecule has 4 heteroatoms. The summed E-state index contributed by atoms with van der Waals surface area (Å²) in [7, 11) is 3.11. The summed E-state index contributed by atoms with van der Waals surface area (Å²) in [6, 6.07) is 9.05. The van der Waals surface area contributed by atoms with E-state index in [1.165, 1.54) is 0 Å². The van der Waals surface area contributed by atoms with Crippen LogP contribution in [0.2, 0.25) is 5.02 Å². The van der Waals surface area contributed by atoms with Crippen LogP contribution < -0.4 is 9.47 Å². The smallest absolute Gasteiger partial charge is 0.168 e. The van der Waals surface area contributed by atoms with Crippen LogP contribution in [0.4, 0.5) is 0 Å². The first kappa shape index (κ1) is 14.4. The normalized spacial score (nSPS) is 10.2. The van der Waals surface area contributed by atoms with Crippen molar-refractivity contribution in [3.05, 3.63) is 46.5 Å². The molecule has 0 aliphatic heterocycles. The summed E-state index contributed by atoms with van der Waals surface area (Å²) in [6.07, 6.45) is 0.783. The molecular weight excluding hydrogens is 276 g/mol. The maximum Gasteiger partial charge on any atom is 0.168 e. The minimum absolute atomic E-state index is 0.520. The van der Waals surface area contributed by atoms with Gasteiger partial charge in [0, 0.05) is 16.1 Å². The maximum atomic E-state index is 11.1. The number of hydrogen-bond acceptors (Lipinski definition) is 3. The molecule has 0 saturated carbocycles. The quantitative estimate of drug-likeness (QED) is 0.794. The molecule has 2 aromatic carbocycles. The molecule has 0 aliphatic carbocycles. The second kappa shape index (κ2) is 5.97. The first-order valence-corrected chi connectivity index (χ1v) is 6.46. The van der Waals surface area contributed by atoms with Gasteiger partial charge in [-0.2, -0.15) is 0 Å². The molecule has 0 spiro atoms. The van der Waals surface area contributed by atoms with Gasteiger partial charge in [0.2, 0.25) is 0 Å². The number of methoxy groups -OCH3 is 2. The first-order valence-electron chi connectivity index (χ1n) is 6.09. The third-order valence-electron chi connectivity index (χ3n) is 3.20. The van der Waals surface area contributed by atoms with Crippen molar-refractivity contribution in [2.75, 3.05) is 14.2 Å². The molecule has 0 heterocycles. The fourth-order valence-corrected chi connectivity index (χ4v) is 2.33. The molecule has 3 nitrogen and oxygen atoms in total. The summed E-state index contributed by atoms with van der Waals surface area (Å²) in [4.78, 5) is 11.1. The molecule has 0 fully saturated rings. The van der Waals surface area contributed by atoms with Crippen molar-refractivity contribution in [3.63, 3.8) is 0 Å². The number of halogens is 1. The largest absolute Gasteiger partial charge is 0.493 e. The van der Waals surface area contributed by atoms with Gasteiger partial charge in [0.05, 0.1) is 14.2 Å². The van der Waals surface area contributed by atoms with Gasteiger partial charge in [0.25, 0.3) is 0 Å². The topological polar surface area (TPSA) is 35.5 Å². The number of ether oxygens (including phenoxy) is 2. The van der Waals surface area contributed by atoms with Gasteiger partial charge in [-0.1, -0.05) is 23.7 Å². The van der Waals surface area contributed by atoms with Crippen molar-refractivity contribution >= 4 is 17.9 Å². The van der Waals surface area contributed by atoms with Crippen molar-refractivity contribution in [2.45, 2.75) is 6.92 Å². The molecule has 20 heavy (non-hydrogen) atoms. The van der Waals surface area contributed by atoms with E-state index in [0.29, 0.717) is 22.1 Å². The second-order valence-corrected chi connectivity index (χ2v) is 4.74. The lowest BCUT2D eigenvalue weighted by atomic mass is 9.97. The zero-order chi connectivity index (χ0) is 14.7. The Morgan fingerprint density at radius 1 is 1.10 bits per heavy atom. The number of aldehydes is 1. The Hall–Kier alpha value is -2.00. The molecule has 0 saturated heterocycles. The summed E-state index contributed by atoms with van der Waals surface area (Å²) in [6.45, 7) is 1.93. The Labute approximate surface area is 123 Å². The van der Waals surface area contributed by atoms with E-state index in [0.717, 1.165) is 23.0 Å². The SMILES string of the molecule is COc1cc(C=O)cc(-c2cccc(Cl)c2C)c1OC. The zero-order valence-corrected chi connectivity index (χ0v) is 12.3. The van der Waals surface area contributed by atoms with Crippen LogP contribution in [0.15, 0.2) is 30.3 Å². The Kier molecular flexibility index (Phi) is 4.30. The van der Waals surface area contributed by atoms with E-state index in [-0.39, 0.29) is 0 Å². The molecule has 0 N–H and O–H groups in total. The van der Waals surface area contributed by atoms with Crippen molar-refractivity contribution < 1.29 is 14.3 Å². The van der Waals surface area contributed by atoms with Crippen LogP contribution in [0, 0.1) is 6.92 Å². The number of benzene rings is 2. The third-order valence-corrected chi connectivity index (χ3v) is 3.60. The average Bonchev–Trinajstić information content (AvgIpc) is 2.48. The van der Waals surface area contributed by atoms with Crippen LogP contribution in [0.25, 0.3) is 11.1 Å². The van der Waals surface area contributed by atoms with Crippen LogP contribution in [0.1, 0.15) is 15.9 Å². The highest BCUT2D eigenvalue weighted by Gasteiger charge is 2.16. The predicted molar refractivity (Wildman–Crippen MR) is 80.1 cm³/mol. The molecule has 0 aromatic heterocycles. The fourth-order valence-electron chi connectivity index (χ4n) is 2.15. The van der Waals surface area contributed by atoms with Crippen molar-refractivity contribution in [2.24, 2.45) is 0 Å². The highest BCUT2D eigenvalue weighted by atomic mass is 35.5. The summed E-state index contributed by atoms with van der Waals surface area (Å²) < 4.78 is 10.7. The minimum Gasteiger partial charge on any atom is -0.493 e. The minimum atomic E-state index is 0.520. The number of rotatable bonds is 4. The lowest BCUT2D eigenvalue weighted by Crippen LogP contribution is -1.97. The second-order valence-electron chi connectivity index (χ2n) is 4.33. The molecule has 0 unspecified atom stereocenters. The highest BCUT2D eigenvalue weighted by Crippen LogP contribution is 2.41. The Morgan fingerprint density at radius 3 is 2.45 bits per heavy atom. The van der Waals surface area contributed by atoms with E-state index in [2.05, 4.69) is 0 Å². The summed E-state index contributed by atoms with van der Waals surface area (Å²) >= 11 is 6.16. The monoisotopic (exact) mass is 290 g/mol. The fraction of sp³-hybridized carbons (Fsp3) is 0.188. The van der Waals surface area contributed by atoms with Gasteiger partial charge in [-0.05, 0) is 36.2 Å². The van der Waals surface area contributed by atoms with Crippen LogP contribution in [0.5, 0.6) is 11.5 Å². The predicted octanol–water partition coefficient (Wildman–Crippen LogP) is 4.15. The van der Waals surface area contributed by atoms with E-state index in [4.69, 9.17) is 21.1 Å². The molecule has 0 aliphatic rings. The molecule has 0 radical (unpaired) electrons. The average molecular weight is 291 g/mol. The van der Waals surface area contributed by atoms with Crippen molar-refractivity contribution in [3.8, 4) is 22.6 Å². The van der Waals surface area contributed by atoms with E-state index < -0.39 is 0 Å². The van der Waals surface area contributed by atoms with Gasteiger partial charge in [0.15, 0.2) is 11.5 Å². The van der Waals surface area contributed by atoms with Crippen molar-refractivity contribution in [1.82, 2.24) is 0 Å². The van der Waals surface area contributed by atoms with Crippen LogP contribution in [-0.4, -0.2) is 20.5 Å².